The Kier molecular flexibility index (Phi) is 5.98. The molecular weight excluding hydrogens is 445 g/mol. The number of rotatable bonds is 5. The Morgan fingerprint density at radius 3 is 2.03 bits per heavy atom. The van der Waals surface area contributed by atoms with Crippen molar-refractivity contribution in [3.8, 4) is 0 Å². The molecule has 0 radical (unpaired) electrons. The van der Waals surface area contributed by atoms with Gasteiger partial charge in [-0.25, -0.2) is 9.29 Å². The monoisotopic (exact) mass is 463 g/mol. The number of aryl methyl sites for hydroxylation is 2. The van der Waals surface area contributed by atoms with Crippen molar-refractivity contribution < 1.29 is 18.8 Å². The average molecular weight is 464 g/mol. The Morgan fingerprint density at radius 2 is 1.42 bits per heavy atom. The van der Waals surface area contributed by atoms with E-state index in [2.05, 4.69) is 10.6 Å². The number of hydrogen-bond acceptors (Lipinski definition) is 4. The zero-order chi connectivity index (χ0) is 23.7. The van der Waals surface area contributed by atoms with E-state index in [1.807, 2.05) is 19.9 Å². The zero-order valence-electron chi connectivity index (χ0n) is 17.8. The van der Waals surface area contributed by atoms with Crippen molar-refractivity contribution in [2.75, 3.05) is 15.5 Å². The van der Waals surface area contributed by atoms with Crippen molar-refractivity contribution in [2.45, 2.75) is 13.8 Å². The van der Waals surface area contributed by atoms with Crippen molar-refractivity contribution in [1.82, 2.24) is 0 Å². The van der Waals surface area contributed by atoms with Gasteiger partial charge in [-0.3, -0.25) is 14.4 Å². The largest absolute Gasteiger partial charge is 0.350 e. The highest BCUT2D eigenvalue weighted by Crippen LogP contribution is 2.31. The lowest BCUT2D eigenvalue weighted by Gasteiger charge is -2.16. The van der Waals surface area contributed by atoms with E-state index < -0.39 is 17.6 Å². The van der Waals surface area contributed by atoms with Gasteiger partial charge >= 0.3 is 0 Å². The molecule has 3 aromatic rings. The predicted molar refractivity (Wildman–Crippen MR) is 126 cm³/mol. The second-order valence-corrected chi connectivity index (χ2v) is 8.02. The molecule has 0 aromatic heterocycles. The van der Waals surface area contributed by atoms with Crippen LogP contribution in [0.5, 0.6) is 0 Å². The summed E-state index contributed by atoms with van der Waals surface area (Å²) < 4.78 is 13.0. The normalized spacial score (nSPS) is 13.5. The lowest BCUT2D eigenvalue weighted by atomic mass is 10.1. The topological polar surface area (TPSA) is 78.5 Å². The van der Waals surface area contributed by atoms with Crippen LogP contribution >= 0.6 is 11.6 Å². The number of benzene rings is 3. The summed E-state index contributed by atoms with van der Waals surface area (Å²) in [4.78, 5) is 39.1. The Bertz CT molecular complexity index is 1280. The van der Waals surface area contributed by atoms with Crippen LogP contribution in [-0.2, 0) is 9.59 Å². The molecule has 0 saturated heterocycles. The summed E-state index contributed by atoms with van der Waals surface area (Å²) in [7, 11) is 0. The van der Waals surface area contributed by atoms with Crippen molar-refractivity contribution >= 4 is 46.4 Å². The molecule has 0 saturated carbocycles. The molecule has 4 rings (SSSR count). The van der Waals surface area contributed by atoms with Crippen LogP contribution in [0.3, 0.4) is 0 Å². The molecule has 3 aromatic carbocycles. The van der Waals surface area contributed by atoms with Gasteiger partial charge in [0.05, 0.1) is 5.69 Å². The van der Waals surface area contributed by atoms with Crippen LogP contribution in [0, 0.1) is 19.7 Å². The first-order valence-electron chi connectivity index (χ1n) is 10.0. The summed E-state index contributed by atoms with van der Waals surface area (Å²) in [6.45, 7) is 3.76. The predicted octanol–water partition coefficient (Wildman–Crippen LogP) is 5.13. The van der Waals surface area contributed by atoms with Crippen molar-refractivity contribution in [2.24, 2.45) is 0 Å². The molecule has 1 heterocycles. The molecule has 0 atom stereocenters. The van der Waals surface area contributed by atoms with Crippen LogP contribution in [0.4, 0.5) is 21.5 Å². The standard InChI is InChI=1S/C25H19ClFN3O3/c1-14-11-15(2)13-20(12-14)30-24(32)21(26)22(25(30)33)28-18-7-3-16(4-8-18)23(31)29-19-9-5-17(27)6-10-19/h3-13,28H,1-2H3,(H,29,31). The molecule has 6 nitrogen and oxygen atoms in total. The van der Waals surface area contributed by atoms with E-state index in [0.717, 1.165) is 16.0 Å². The molecule has 166 valence electrons. The quantitative estimate of drug-likeness (QED) is 0.514. The molecule has 33 heavy (non-hydrogen) atoms. The van der Waals surface area contributed by atoms with Gasteiger partial charge < -0.3 is 10.6 Å². The number of halogens is 2. The number of amides is 3. The van der Waals surface area contributed by atoms with Gasteiger partial charge in [-0.05, 0) is 85.6 Å². The minimum Gasteiger partial charge on any atom is -0.350 e. The maximum Gasteiger partial charge on any atom is 0.283 e. The first-order chi connectivity index (χ1) is 15.7. The summed E-state index contributed by atoms with van der Waals surface area (Å²) in [6.07, 6.45) is 0. The second kappa shape index (κ2) is 8.88. The molecule has 0 unspecified atom stereocenters. The Hall–Kier alpha value is -3.97. The van der Waals surface area contributed by atoms with E-state index in [9.17, 15) is 18.8 Å². The summed E-state index contributed by atoms with van der Waals surface area (Å²) in [6, 6.07) is 17.1. The molecule has 0 fully saturated rings. The van der Waals surface area contributed by atoms with Gasteiger partial charge in [0.25, 0.3) is 17.7 Å². The van der Waals surface area contributed by atoms with Crippen molar-refractivity contribution in [3.05, 3.63) is 100.0 Å². The van der Waals surface area contributed by atoms with Crippen LogP contribution in [-0.4, -0.2) is 17.7 Å². The first-order valence-corrected chi connectivity index (χ1v) is 10.4. The van der Waals surface area contributed by atoms with E-state index >= 15 is 0 Å². The second-order valence-electron chi connectivity index (χ2n) is 7.64. The minimum absolute atomic E-state index is 0.0376. The van der Waals surface area contributed by atoms with E-state index in [1.54, 1.807) is 36.4 Å². The smallest absolute Gasteiger partial charge is 0.283 e. The summed E-state index contributed by atoms with van der Waals surface area (Å²) in [5.74, 6) is -1.94. The fourth-order valence-electron chi connectivity index (χ4n) is 3.51. The fraction of sp³-hybridized carbons (Fsp3) is 0.0800. The number of carbonyl (C=O) groups excluding carboxylic acids is 3. The van der Waals surface area contributed by atoms with E-state index in [-0.39, 0.29) is 16.6 Å². The van der Waals surface area contributed by atoms with Crippen molar-refractivity contribution in [1.29, 1.82) is 0 Å². The van der Waals surface area contributed by atoms with Crippen LogP contribution in [0.2, 0.25) is 0 Å². The number of hydrogen-bond donors (Lipinski definition) is 2. The highest BCUT2D eigenvalue weighted by Gasteiger charge is 2.39. The molecule has 8 heteroatoms. The fourth-order valence-corrected chi connectivity index (χ4v) is 3.72. The summed E-state index contributed by atoms with van der Waals surface area (Å²) in [5, 5.41) is 5.34. The zero-order valence-corrected chi connectivity index (χ0v) is 18.5. The summed E-state index contributed by atoms with van der Waals surface area (Å²) in [5.41, 5.74) is 3.53. The number of nitrogens with one attached hydrogen (secondary N) is 2. The van der Waals surface area contributed by atoms with Gasteiger partial charge in [0, 0.05) is 16.9 Å². The lowest BCUT2D eigenvalue weighted by molar-refractivity contribution is -0.120. The number of carbonyl (C=O) groups is 3. The Labute approximate surface area is 194 Å². The third kappa shape index (κ3) is 4.63. The highest BCUT2D eigenvalue weighted by molar-refractivity contribution is 6.53. The number of anilines is 3. The molecule has 0 aliphatic carbocycles. The van der Waals surface area contributed by atoms with Crippen molar-refractivity contribution in [3.63, 3.8) is 0 Å². The Morgan fingerprint density at radius 1 is 0.848 bits per heavy atom. The van der Waals surface area contributed by atoms with E-state index in [4.69, 9.17) is 11.6 Å². The van der Waals surface area contributed by atoms with Crippen LogP contribution in [0.15, 0.2) is 77.5 Å². The van der Waals surface area contributed by atoms with Crippen LogP contribution in [0.1, 0.15) is 21.5 Å². The minimum atomic E-state index is -0.607. The van der Waals surface area contributed by atoms with E-state index in [1.165, 1.54) is 24.3 Å². The van der Waals surface area contributed by atoms with Gasteiger partial charge in [0.15, 0.2) is 0 Å². The van der Waals surface area contributed by atoms with Gasteiger partial charge in [-0.15, -0.1) is 0 Å². The number of nitrogens with zero attached hydrogens (tertiary/aromatic N) is 1. The number of imide groups is 1. The molecular formula is C25H19ClFN3O3. The third-order valence-corrected chi connectivity index (χ3v) is 5.36. The average Bonchev–Trinajstić information content (AvgIpc) is 2.98. The molecule has 3 amide bonds. The maximum atomic E-state index is 13.0. The molecule has 2 N–H and O–H groups in total. The summed E-state index contributed by atoms with van der Waals surface area (Å²) >= 11 is 6.20. The van der Waals surface area contributed by atoms with Gasteiger partial charge in [0.2, 0.25) is 0 Å². The van der Waals surface area contributed by atoms with Gasteiger partial charge in [-0.2, -0.15) is 0 Å². The SMILES string of the molecule is Cc1cc(C)cc(N2C(=O)C(Cl)=C(Nc3ccc(C(=O)Nc4ccc(F)cc4)cc3)C2=O)c1. The van der Waals surface area contributed by atoms with Crippen LogP contribution < -0.4 is 15.5 Å². The first kappa shape index (κ1) is 22.2. The van der Waals surface area contributed by atoms with E-state index in [0.29, 0.717) is 22.6 Å². The van der Waals surface area contributed by atoms with Gasteiger partial charge in [-0.1, -0.05) is 17.7 Å². The molecule has 0 bridgehead atoms. The lowest BCUT2D eigenvalue weighted by Crippen LogP contribution is -2.32. The van der Waals surface area contributed by atoms with Gasteiger partial charge in [0.1, 0.15) is 16.5 Å². The highest BCUT2D eigenvalue weighted by atomic mass is 35.5. The maximum absolute atomic E-state index is 13.0. The molecule has 1 aliphatic heterocycles. The van der Waals surface area contributed by atoms with Crippen LogP contribution in [0.25, 0.3) is 0 Å². The Balaban J connectivity index is 1.49. The molecule has 0 spiro atoms. The third-order valence-electron chi connectivity index (χ3n) is 5.01. The molecule has 1 aliphatic rings.